The lowest BCUT2D eigenvalue weighted by atomic mass is 9.78. The Balaban J connectivity index is 1.53. The summed E-state index contributed by atoms with van der Waals surface area (Å²) in [6.45, 7) is 8.25. The van der Waals surface area contributed by atoms with Crippen LogP contribution in [0.25, 0.3) is 11.7 Å². The summed E-state index contributed by atoms with van der Waals surface area (Å²) in [5.41, 5.74) is 3.63. The molecule has 2 aromatic carbocycles. The maximum atomic E-state index is 5.90. The molecule has 0 radical (unpaired) electrons. The third-order valence-electron chi connectivity index (χ3n) is 4.92. The van der Waals surface area contributed by atoms with Crippen LogP contribution in [0.4, 0.5) is 0 Å². The van der Waals surface area contributed by atoms with Gasteiger partial charge in [0.05, 0.1) is 0 Å². The molecule has 146 valence electrons. The first-order chi connectivity index (χ1) is 13.9. The quantitative estimate of drug-likeness (QED) is 0.466. The molecule has 4 rings (SSSR count). The van der Waals surface area contributed by atoms with Gasteiger partial charge < -0.3 is 9.15 Å². The summed E-state index contributed by atoms with van der Waals surface area (Å²) in [5.74, 6) is 2.17. The Kier molecular flexibility index (Phi) is 4.84. The van der Waals surface area contributed by atoms with Gasteiger partial charge in [0, 0.05) is 24.6 Å². The van der Waals surface area contributed by atoms with Crippen molar-refractivity contribution in [3.63, 3.8) is 0 Å². The Morgan fingerprint density at radius 3 is 2.10 bits per heavy atom. The van der Waals surface area contributed by atoms with E-state index in [1.807, 2.05) is 12.1 Å². The predicted octanol–water partition coefficient (Wildman–Crippen LogP) is 5.26. The zero-order chi connectivity index (χ0) is 20.4. The fraction of sp³-hybridized carbons (Fsp3) is 0.217. The summed E-state index contributed by atoms with van der Waals surface area (Å²) in [5, 5.41) is 7.74. The van der Waals surface area contributed by atoms with E-state index in [9.17, 15) is 0 Å². The number of ether oxygens (including phenoxy) is 1. The fourth-order valence-corrected chi connectivity index (χ4v) is 3.09. The van der Waals surface area contributed by atoms with Gasteiger partial charge in [-0.15, -0.1) is 10.2 Å². The minimum atomic E-state index is -0.107. The molecule has 0 bridgehead atoms. The fourth-order valence-electron chi connectivity index (χ4n) is 3.09. The van der Waals surface area contributed by atoms with Crippen molar-refractivity contribution in [3.8, 4) is 23.3 Å². The Morgan fingerprint density at radius 1 is 0.828 bits per heavy atom. The van der Waals surface area contributed by atoms with Gasteiger partial charge in [-0.05, 0) is 30.2 Å². The van der Waals surface area contributed by atoms with E-state index in [0.29, 0.717) is 23.3 Å². The van der Waals surface area contributed by atoms with Crippen LogP contribution in [0.5, 0.6) is 11.6 Å². The molecule has 6 heteroatoms. The average molecular weight is 386 g/mol. The topological polar surface area (TPSA) is 73.9 Å². The standard InChI is InChI=1S/C23H22N4O2/c1-15-5-7-17(8-6-15)23(3,4)18-9-11-19(12-10-18)29-20-13-14-24-21(25-20)22-27-26-16(2)28-22/h5-14H,1-4H3. The molecule has 2 heterocycles. The largest absolute Gasteiger partial charge is 0.439 e. The molecule has 0 saturated carbocycles. The van der Waals surface area contributed by atoms with Gasteiger partial charge in [-0.25, -0.2) is 4.98 Å². The molecule has 0 fully saturated rings. The van der Waals surface area contributed by atoms with E-state index in [-0.39, 0.29) is 11.3 Å². The summed E-state index contributed by atoms with van der Waals surface area (Å²) >= 11 is 0. The summed E-state index contributed by atoms with van der Waals surface area (Å²) in [6, 6.07) is 18.4. The smallest absolute Gasteiger partial charge is 0.285 e. The molecular weight excluding hydrogens is 364 g/mol. The van der Waals surface area contributed by atoms with Gasteiger partial charge in [-0.2, -0.15) is 4.98 Å². The van der Waals surface area contributed by atoms with Crippen LogP contribution in [0.3, 0.4) is 0 Å². The molecule has 4 aromatic rings. The molecule has 29 heavy (non-hydrogen) atoms. The summed E-state index contributed by atoms with van der Waals surface area (Å²) < 4.78 is 11.3. The van der Waals surface area contributed by atoms with Crippen molar-refractivity contribution >= 4 is 0 Å². The highest BCUT2D eigenvalue weighted by Crippen LogP contribution is 2.33. The molecule has 0 spiro atoms. The third kappa shape index (κ3) is 4.01. The minimum Gasteiger partial charge on any atom is -0.439 e. The van der Waals surface area contributed by atoms with E-state index < -0.39 is 0 Å². The van der Waals surface area contributed by atoms with Crippen LogP contribution in [0.2, 0.25) is 0 Å². The molecule has 0 aliphatic carbocycles. The molecule has 0 aliphatic heterocycles. The molecule has 0 aliphatic rings. The molecule has 2 aromatic heterocycles. The van der Waals surface area contributed by atoms with Crippen LogP contribution in [0.1, 0.15) is 36.4 Å². The SMILES string of the molecule is Cc1ccc(C(C)(C)c2ccc(Oc3ccnc(-c4nnc(C)o4)n3)cc2)cc1. The molecule has 0 amide bonds. The number of nitrogens with zero attached hydrogens (tertiary/aromatic N) is 4. The van der Waals surface area contributed by atoms with Crippen molar-refractivity contribution in [2.75, 3.05) is 0 Å². The van der Waals surface area contributed by atoms with Crippen LogP contribution in [0, 0.1) is 13.8 Å². The summed E-state index contributed by atoms with van der Waals surface area (Å²) in [7, 11) is 0. The Morgan fingerprint density at radius 2 is 1.48 bits per heavy atom. The second-order valence-electron chi connectivity index (χ2n) is 7.46. The molecule has 0 atom stereocenters. The van der Waals surface area contributed by atoms with E-state index in [0.717, 1.165) is 0 Å². The second-order valence-corrected chi connectivity index (χ2v) is 7.46. The van der Waals surface area contributed by atoms with Crippen molar-refractivity contribution in [2.45, 2.75) is 33.1 Å². The van der Waals surface area contributed by atoms with Crippen molar-refractivity contribution in [3.05, 3.63) is 83.4 Å². The number of rotatable bonds is 5. The second kappa shape index (κ2) is 7.47. The van der Waals surface area contributed by atoms with Gasteiger partial charge in [0.25, 0.3) is 5.89 Å². The molecular formula is C23H22N4O2. The lowest BCUT2D eigenvalue weighted by molar-refractivity contribution is 0.459. The summed E-state index contributed by atoms with van der Waals surface area (Å²) in [6.07, 6.45) is 1.60. The highest BCUT2D eigenvalue weighted by Gasteiger charge is 2.23. The lowest BCUT2D eigenvalue weighted by Gasteiger charge is -2.26. The maximum Gasteiger partial charge on any atom is 0.285 e. The first kappa shape index (κ1) is 18.8. The van der Waals surface area contributed by atoms with Crippen LogP contribution in [0.15, 0.2) is 65.2 Å². The van der Waals surface area contributed by atoms with Crippen LogP contribution in [-0.2, 0) is 5.41 Å². The van der Waals surface area contributed by atoms with E-state index >= 15 is 0 Å². The first-order valence-electron chi connectivity index (χ1n) is 9.41. The predicted molar refractivity (Wildman–Crippen MR) is 110 cm³/mol. The Labute approximate surface area is 169 Å². The van der Waals surface area contributed by atoms with Gasteiger partial charge in [-0.1, -0.05) is 55.8 Å². The first-order valence-corrected chi connectivity index (χ1v) is 9.41. The van der Waals surface area contributed by atoms with Crippen LogP contribution in [-0.4, -0.2) is 20.2 Å². The van der Waals surface area contributed by atoms with Crippen molar-refractivity contribution in [2.24, 2.45) is 0 Å². The maximum absolute atomic E-state index is 5.90. The number of benzene rings is 2. The lowest BCUT2D eigenvalue weighted by Crippen LogP contribution is -2.18. The zero-order valence-corrected chi connectivity index (χ0v) is 16.9. The number of hydrogen-bond acceptors (Lipinski definition) is 6. The summed E-state index contributed by atoms with van der Waals surface area (Å²) in [4.78, 5) is 8.51. The number of aromatic nitrogens is 4. The van der Waals surface area contributed by atoms with Gasteiger partial charge in [0.2, 0.25) is 17.6 Å². The normalized spacial score (nSPS) is 11.4. The Hall–Kier alpha value is -3.54. The molecule has 6 nitrogen and oxygen atoms in total. The van der Waals surface area contributed by atoms with Crippen molar-refractivity contribution in [1.82, 2.24) is 20.2 Å². The molecule has 0 saturated heterocycles. The van der Waals surface area contributed by atoms with E-state index in [1.165, 1.54) is 16.7 Å². The van der Waals surface area contributed by atoms with Crippen molar-refractivity contribution in [1.29, 1.82) is 0 Å². The van der Waals surface area contributed by atoms with Gasteiger partial charge in [-0.3, -0.25) is 0 Å². The van der Waals surface area contributed by atoms with E-state index in [1.54, 1.807) is 19.2 Å². The van der Waals surface area contributed by atoms with Gasteiger partial charge >= 0.3 is 0 Å². The van der Waals surface area contributed by atoms with E-state index in [4.69, 9.17) is 9.15 Å². The third-order valence-corrected chi connectivity index (χ3v) is 4.92. The van der Waals surface area contributed by atoms with Crippen LogP contribution >= 0.6 is 0 Å². The molecule has 0 N–H and O–H groups in total. The van der Waals surface area contributed by atoms with Gasteiger partial charge in [0.1, 0.15) is 5.75 Å². The highest BCUT2D eigenvalue weighted by molar-refractivity contribution is 5.43. The number of hydrogen-bond donors (Lipinski definition) is 0. The van der Waals surface area contributed by atoms with Gasteiger partial charge in [0.15, 0.2) is 0 Å². The zero-order valence-electron chi connectivity index (χ0n) is 16.9. The van der Waals surface area contributed by atoms with E-state index in [2.05, 4.69) is 77.3 Å². The minimum absolute atomic E-state index is 0.107. The number of aryl methyl sites for hydroxylation is 2. The Bertz CT molecular complexity index is 1120. The monoisotopic (exact) mass is 386 g/mol. The highest BCUT2D eigenvalue weighted by atomic mass is 16.5. The average Bonchev–Trinajstić information content (AvgIpc) is 3.15. The molecule has 0 unspecified atom stereocenters. The van der Waals surface area contributed by atoms with Crippen LogP contribution < -0.4 is 4.74 Å². The van der Waals surface area contributed by atoms with Crippen molar-refractivity contribution < 1.29 is 9.15 Å².